The van der Waals surface area contributed by atoms with Gasteiger partial charge in [0, 0.05) is 18.7 Å². The van der Waals surface area contributed by atoms with Gasteiger partial charge < -0.3 is 13.7 Å². The maximum atomic E-state index is 12.6. The maximum Gasteiger partial charge on any atom is 0.289 e. The van der Waals surface area contributed by atoms with E-state index in [0.717, 1.165) is 12.0 Å². The predicted octanol–water partition coefficient (Wildman–Crippen LogP) is 3.76. The van der Waals surface area contributed by atoms with Crippen molar-refractivity contribution in [2.75, 3.05) is 6.54 Å². The van der Waals surface area contributed by atoms with E-state index in [1.165, 1.54) is 11.8 Å². The summed E-state index contributed by atoms with van der Waals surface area (Å²) >= 11 is 0. The van der Waals surface area contributed by atoms with Crippen LogP contribution in [-0.2, 0) is 13.0 Å². The molecule has 0 aliphatic heterocycles. The first kappa shape index (κ1) is 14.2. The molecule has 0 radical (unpaired) electrons. The van der Waals surface area contributed by atoms with E-state index in [2.05, 4.69) is 12.1 Å². The lowest BCUT2D eigenvalue weighted by Gasteiger charge is -2.21. The molecule has 1 aromatic carbocycles. The Kier molecular flexibility index (Phi) is 4.39. The maximum absolute atomic E-state index is 12.6. The summed E-state index contributed by atoms with van der Waals surface area (Å²) in [5, 5.41) is 0. The van der Waals surface area contributed by atoms with Gasteiger partial charge in [0.05, 0.1) is 18.8 Å². The van der Waals surface area contributed by atoms with Crippen molar-refractivity contribution < 1.29 is 13.6 Å². The Labute approximate surface area is 129 Å². The molecule has 22 heavy (non-hydrogen) atoms. The third-order valence-corrected chi connectivity index (χ3v) is 3.49. The highest BCUT2D eigenvalue weighted by atomic mass is 16.3. The minimum absolute atomic E-state index is 0.109. The third kappa shape index (κ3) is 3.47. The predicted molar refractivity (Wildman–Crippen MR) is 82.3 cm³/mol. The van der Waals surface area contributed by atoms with Crippen molar-refractivity contribution >= 4 is 5.91 Å². The first-order chi connectivity index (χ1) is 10.8. The van der Waals surface area contributed by atoms with Gasteiger partial charge in [-0.2, -0.15) is 0 Å². The minimum Gasteiger partial charge on any atom is -0.472 e. The highest BCUT2D eigenvalue weighted by Gasteiger charge is 2.18. The Morgan fingerprint density at radius 2 is 1.82 bits per heavy atom. The van der Waals surface area contributed by atoms with E-state index < -0.39 is 0 Å². The second-order valence-corrected chi connectivity index (χ2v) is 5.07. The number of rotatable bonds is 6. The van der Waals surface area contributed by atoms with Gasteiger partial charge in [-0.15, -0.1) is 0 Å². The smallest absolute Gasteiger partial charge is 0.289 e. The average Bonchev–Trinajstić information content (AvgIpc) is 3.25. The molecule has 1 amide bonds. The van der Waals surface area contributed by atoms with Crippen LogP contribution in [0.1, 0.15) is 21.7 Å². The fraction of sp³-hybridized carbons (Fsp3) is 0.167. The first-order valence-corrected chi connectivity index (χ1v) is 7.21. The highest BCUT2D eigenvalue weighted by Crippen LogP contribution is 2.12. The van der Waals surface area contributed by atoms with Crippen LogP contribution in [0.4, 0.5) is 0 Å². The number of furan rings is 2. The standard InChI is InChI=1S/C18H17NO3/c20-18(17-7-4-11-22-17)19(13-16-9-12-21-14-16)10-8-15-5-2-1-3-6-15/h1-7,9,11-12,14H,8,10,13H2. The van der Waals surface area contributed by atoms with Crippen LogP contribution in [0, 0.1) is 0 Å². The highest BCUT2D eigenvalue weighted by molar-refractivity contribution is 5.91. The van der Waals surface area contributed by atoms with Crippen molar-refractivity contribution in [2.45, 2.75) is 13.0 Å². The largest absolute Gasteiger partial charge is 0.472 e. The summed E-state index contributed by atoms with van der Waals surface area (Å²) < 4.78 is 10.3. The summed E-state index contributed by atoms with van der Waals surface area (Å²) in [6.07, 6.45) is 5.58. The summed E-state index contributed by atoms with van der Waals surface area (Å²) in [6, 6.07) is 15.4. The SMILES string of the molecule is O=C(c1ccco1)N(CCc1ccccc1)Cc1ccoc1. The van der Waals surface area contributed by atoms with Crippen LogP contribution in [0.15, 0.2) is 76.2 Å². The fourth-order valence-corrected chi connectivity index (χ4v) is 2.32. The second kappa shape index (κ2) is 6.80. The Morgan fingerprint density at radius 1 is 0.955 bits per heavy atom. The van der Waals surface area contributed by atoms with E-state index in [1.807, 2.05) is 24.3 Å². The number of benzene rings is 1. The molecular formula is C18H17NO3. The Balaban J connectivity index is 1.72. The fourth-order valence-electron chi connectivity index (χ4n) is 2.32. The molecule has 0 bridgehead atoms. The Bertz CT molecular complexity index is 687. The number of amides is 1. The number of carbonyl (C=O) groups is 1. The van der Waals surface area contributed by atoms with Crippen LogP contribution in [0.2, 0.25) is 0 Å². The van der Waals surface area contributed by atoms with E-state index >= 15 is 0 Å². The van der Waals surface area contributed by atoms with E-state index in [0.29, 0.717) is 18.8 Å². The summed E-state index contributed by atoms with van der Waals surface area (Å²) in [5.74, 6) is 0.249. The Morgan fingerprint density at radius 3 is 2.50 bits per heavy atom. The van der Waals surface area contributed by atoms with Gasteiger partial charge in [0.25, 0.3) is 5.91 Å². The normalized spacial score (nSPS) is 10.5. The zero-order valence-corrected chi connectivity index (χ0v) is 12.1. The monoisotopic (exact) mass is 295 g/mol. The van der Waals surface area contributed by atoms with E-state index in [1.54, 1.807) is 29.6 Å². The van der Waals surface area contributed by atoms with Gasteiger partial charge in [0.1, 0.15) is 0 Å². The summed E-state index contributed by atoms with van der Waals surface area (Å²) in [4.78, 5) is 14.3. The summed E-state index contributed by atoms with van der Waals surface area (Å²) in [7, 11) is 0. The lowest BCUT2D eigenvalue weighted by molar-refractivity contribution is 0.0712. The number of hydrogen-bond donors (Lipinski definition) is 0. The van der Waals surface area contributed by atoms with Crippen molar-refractivity contribution in [2.24, 2.45) is 0 Å². The van der Waals surface area contributed by atoms with Gasteiger partial charge in [-0.1, -0.05) is 30.3 Å². The van der Waals surface area contributed by atoms with Gasteiger partial charge in [-0.05, 0) is 30.2 Å². The zero-order valence-electron chi connectivity index (χ0n) is 12.1. The van der Waals surface area contributed by atoms with Gasteiger partial charge in [-0.3, -0.25) is 4.79 Å². The quantitative estimate of drug-likeness (QED) is 0.695. The molecule has 0 spiro atoms. The van der Waals surface area contributed by atoms with Crippen molar-refractivity contribution in [3.05, 3.63) is 84.2 Å². The molecule has 3 rings (SSSR count). The average molecular weight is 295 g/mol. The molecule has 0 fully saturated rings. The molecule has 3 aromatic rings. The topological polar surface area (TPSA) is 46.6 Å². The molecule has 0 saturated carbocycles. The minimum atomic E-state index is -0.109. The molecule has 0 N–H and O–H groups in total. The van der Waals surface area contributed by atoms with Crippen LogP contribution in [0.5, 0.6) is 0 Å². The second-order valence-electron chi connectivity index (χ2n) is 5.07. The van der Waals surface area contributed by atoms with E-state index in [-0.39, 0.29) is 5.91 Å². The molecule has 4 nitrogen and oxygen atoms in total. The zero-order chi connectivity index (χ0) is 15.2. The first-order valence-electron chi connectivity index (χ1n) is 7.21. The number of carbonyl (C=O) groups excluding carboxylic acids is 1. The molecule has 0 unspecified atom stereocenters. The van der Waals surface area contributed by atoms with E-state index in [4.69, 9.17) is 8.83 Å². The van der Waals surface area contributed by atoms with Crippen LogP contribution >= 0.6 is 0 Å². The van der Waals surface area contributed by atoms with Gasteiger partial charge in [0.15, 0.2) is 5.76 Å². The molecule has 2 heterocycles. The number of hydrogen-bond acceptors (Lipinski definition) is 3. The summed E-state index contributed by atoms with van der Waals surface area (Å²) in [5.41, 5.74) is 2.17. The van der Waals surface area contributed by atoms with Gasteiger partial charge >= 0.3 is 0 Å². The molecular weight excluding hydrogens is 278 g/mol. The molecule has 0 aliphatic carbocycles. The van der Waals surface area contributed by atoms with Crippen LogP contribution < -0.4 is 0 Å². The van der Waals surface area contributed by atoms with Crippen molar-refractivity contribution in [3.8, 4) is 0 Å². The lowest BCUT2D eigenvalue weighted by Crippen LogP contribution is -2.32. The van der Waals surface area contributed by atoms with Crippen LogP contribution in [-0.4, -0.2) is 17.4 Å². The van der Waals surface area contributed by atoms with Crippen molar-refractivity contribution in [3.63, 3.8) is 0 Å². The molecule has 0 atom stereocenters. The number of nitrogens with zero attached hydrogens (tertiary/aromatic N) is 1. The van der Waals surface area contributed by atoms with Gasteiger partial charge in [0.2, 0.25) is 0 Å². The molecule has 4 heteroatoms. The van der Waals surface area contributed by atoms with Crippen LogP contribution in [0.25, 0.3) is 0 Å². The molecule has 2 aromatic heterocycles. The Hall–Kier alpha value is -2.75. The molecule has 0 saturated heterocycles. The third-order valence-electron chi connectivity index (χ3n) is 3.49. The van der Waals surface area contributed by atoms with E-state index in [9.17, 15) is 4.79 Å². The van der Waals surface area contributed by atoms with Crippen molar-refractivity contribution in [1.82, 2.24) is 4.90 Å². The summed E-state index contributed by atoms with van der Waals surface area (Å²) in [6.45, 7) is 1.12. The lowest BCUT2D eigenvalue weighted by atomic mass is 10.1. The van der Waals surface area contributed by atoms with Crippen molar-refractivity contribution in [1.29, 1.82) is 0 Å². The molecule has 112 valence electrons. The molecule has 0 aliphatic rings. The van der Waals surface area contributed by atoms with Crippen LogP contribution in [0.3, 0.4) is 0 Å². The van der Waals surface area contributed by atoms with Gasteiger partial charge in [-0.25, -0.2) is 0 Å².